The summed E-state index contributed by atoms with van der Waals surface area (Å²) in [4.78, 5) is 22.9. The first-order valence-corrected chi connectivity index (χ1v) is 6.57. The Morgan fingerprint density at radius 3 is 2.35 bits per heavy atom. The number of imide groups is 1. The van der Waals surface area contributed by atoms with Crippen LogP contribution in [0, 0.1) is 0 Å². The Hall–Kier alpha value is -1.92. The molecule has 6 heteroatoms. The molecule has 0 aliphatic heterocycles. The Bertz CT molecular complexity index is 445. The molecule has 1 atom stereocenters. The molecule has 6 nitrogen and oxygen atoms in total. The smallest absolute Gasteiger partial charge is 0.321 e. The van der Waals surface area contributed by atoms with Crippen LogP contribution in [-0.4, -0.2) is 29.6 Å². The van der Waals surface area contributed by atoms with E-state index in [9.17, 15) is 9.59 Å². The number of rotatable bonds is 6. The number of aliphatic hydroxyl groups excluding tert-OH is 1. The average molecular weight is 279 g/mol. The van der Waals surface area contributed by atoms with Crippen molar-refractivity contribution in [1.82, 2.24) is 16.0 Å². The normalized spacial score (nSPS) is 11.8. The molecule has 110 valence electrons. The van der Waals surface area contributed by atoms with E-state index in [0.717, 1.165) is 11.1 Å². The first kappa shape index (κ1) is 16.1. The van der Waals surface area contributed by atoms with Gasteiger partial charge < -0.3 is 15.7 Å². The van der Waals surface area contributed by atoms with Gasteiger partial charge in [0.25, 0.3) is 0 Å². The van der Waals surface area contributed by atoms with Gasteiger partial charge in [0.2, 0.25) is 5.91 Å². The average Bonchev–Trinajstić information content (AvgIpc) is 2.45. The van der Waals surface area contributed by atoms with E-state index in [-0.39, 0.29) is 12.5 Å². The van der Waals surface area contributed by atoms with E-state index < -0.39 is 12.1 Å². The van der Waals surface area contributed by atoms with Gasteiger partial charge in [0.15, 0.2) is 0 Å². The van der Waals surface area contributed by atoms with Crippen LogP contribution in [0.15, 0.2) is 24.3 Å². The molecule has 1 aromatic rings. The van der Waals surface area contributed by atoms with Gasteiger partial charge in [0.1, 0.15) is 0 Å². The highest BCUT2D eigenvalue weighted by molar-refractivity contribution is 5.96. The number of urea groups is 1. The molecule has 1 unspecified atom stereocenters. The molecular formula is C14H21N3O3. The Labute approximate surface area is 118 Å². The van der Waals surface area contributed by atoms with E-state index in [0.29, 0.717) is 13.1 Å². The van der Waals surface area contributed by atoms with Crippen LogP contribution in [0.4, 0.5) is 4.79 Å². The lowest BCUT2D eigenvalue weighted by molar-refractivity contribution is -0.121. The van der Waals surface area contributed by atoms with Gasteiger partial charge in [-0.15, -0.1) is 0 Å². The second kappa shape index (κ2) is 8.29. The highest BCUT2D eigenvalue weighted by Crippen LogP contribution is 2.04. The van der Waals surface area contributed by atoms with Crippen molar-refractivity contribution >= 4 is 11.9 Å². The Balaban J connectivity index is 2.39. The number of hydrogen-bond donors (Lipinski definition) is 4. The zero-order valence-corrected chi connectivity index (χ0v) is 11.8. The number of carbonyl (C=O) groups is 2. The third kappa shape index (κ3) is 5.38. The second-order valence-electron chi connectivity index (χ2n) is 4.43. The molecule has 0 bridgehead atoms. The molecule has 1 aromatic carbocycles. The number of carbonyl (C=O) groups excluding carboxylic acids is 2. The number of hydrogen-bond acceptors (Lipinski definition) is 4. The molecule has 3 amide bonds. The SMILES string of the molecule is CCNC(=O)NC(=O)C(C)NCc1ccc(CO)cc1. The van der Waals surface area contributed by atoms with Gasteiger partial charge >= 0.3 is 6.03 Å². The quantitative estimate of drug-likeness (QED) is 0.610. The predicted molar refractivity (Wildman–Crippen MR) is 75.9 cm³/mol. The summed E-state index contributed by atoms with van der Waals surface area (Å²) < 4.78 is 0. The van der Waals surface area contributed by atoms with E-state index in [4.69, 9.17) is 5.11 Å². The summed E-state index contributed by atoms with van der Waals surface area (Å²) in [5.41, 5.74) is 1.84. The first-order chi connectivity index (χ1) is 9.56. The number of benzene rings is 1. The first-order valence-electron chi connectivity index (χ1n) is 6.57. The van der Waals surface area contributed by atoms with Crippen LogP contribution in [0.25, 0.3) is 0 Å². The number of amides is 3. The van der Waals surface area contributed by atoms with Crippen molar-refractivity contribution in [3.05, 3.63) is 35.4 Å². The van der Waals surface area contributed by atoms with Crippen molar-refractivity contribution in [2.45, 2.75) is 33.0 Å². The molecule has 0 aliphatic carbocycles. The van der Waals surface area contributed by atoms with Gasteiger partial charge in [-0.2, -0.15) is 0 Å². The van der Waals surface area contributed by atoms with Crippen LogP contribution >= 0.6 is 0 Å². The Morgan fingerprint density at radius 2 is 1.80 bits per heavy atom. The van der Waals surface area contributed by atoms with Crippen molar-refractivity contribution in [3.63, 3.8) is 0 Å². The standard InChI is InChI=1S/C14H21N3O3/c1-3-15-14(20)17-13(19)10(2)16-8-11-4-6-12(9-18)7-5-11/h4-7,10,16,18H,3,8-9H2,1-2H3,(H2,15,17,19,20). The summed E-state index contributed by atoms with van der Waals surface area (Å²) in [6, 6.07) is 6.46. The van der Waals surface area contributed by atoms with Crippen molar-refractivity contribution in [3.8, 4) is 0 Å². The van der Waals surface area contributed by atoms with E-state index in [1.54, 1.807) is 13.8 Å². The summed E-state index contributed by atoms with van der Waals surface area (Å²) >= 11 is 0. The molecule has 0 saturated carbocycles. The maximum Gasteiger partial charge on any atom is 0.321 e. The third-order valence-corrected chi connectivity index (χ3v) is 2.79. The Morgan fingerprint density at radius 1 is 1.20 bits per heavy atom. The van der Waals surface area contributed by atoms with Gasteiger partial charge in [-0.3, -0.25) is 10.1 Å². The van der Waals surface area contributed by atoms with Crippen molar-refractivity contribution in [1.29, 1.82) is 0 Å². The van der Waals surface area contributed by atoms with Crippen LogP contribution in [0.5, 0.6) is 0 Å². The summed E-state index contributed by atoms with van der Waals surface area (Å²) in [7, 11) is 0. The summed E-state index contributed by atoms with van der Waals surface area (Å²) in [5.74, 6) is -0.372. The minimum Gasteiger partial charge on any atom is -0.392 e. The fraction of sp³-hybridized carbons (Fsp3) is 0.429. The molecule has 0 fully saturated rings. The number of aliphatic hydroxyl groups is 1. The van der Waals surface area contributed by atoms with E-state index >= 15 is 0 Å². The summed E-state index contributed by atoms with van der Waals surface area (Å²) in [6.45, 7) is 4.46. The largest absolute Gasteiger partial charge is 0.392 e. The molecule has 0 aliphatic rings. The minimum atomic E-state index is -0.488. The minimum absolute atomic E-state index is 0.0130. The topological polar surface area (TPSA) is 90.5 Å². The Kier molecular flexibility index (Phi) is 6.69. The zero-order chi connectivity index (χ0) is 15.0. The molecule has 20 heavy (non-hydrogen) atoms. The highest BCUT2D eigenvalue weighted by atomic mass is 16.3. The van der Waals surface area contributed by atoms with E-state index in [1.807, 2.05) is 24.3 Å². The molecule has 4 N–H and O–H groups in total. The van der Waals surface area contributed by atoms with Crippen molar-refractivity contribution < 1.29 is 14.7 Å². The second-order valence-corrected chi connectivity index (χ2v) is 4.43. The van der Waals surface area contributed by atoms with Crippen LogP contribution in [-0.2, 0) is 17.9 Å². The maximum atomic E-state index is 11.7. The van der Waals surface area contributed by atoms with Crippen LogP contribution in [0.3, 0.4) is 0 Å². The van der Waals surface area contributed by atoms with Gasteiger partial charge in [0, 0.05) is 13.1 Å². The lowest BCUT2D eigenvalue weighted by Crippen LogP contribution is -2.47. The molecule has 0 radical (unpaired) electrons. The number of nitrogens with one attached hydrogen (secondary N) is 3. The summed E-state index contributed by atoms with van der Waals surface area (Å²) in [5, 5.41) is 16.7. The molecule has 0 spiro atoms. The van der Waals surface area contributed by atoms with Crippen LogP contribution in [0.2, 0.25) is 0 Å². The van der Waals surface area contributed by atoms with Crippen LogP contribution in [0.1, 0.15) is 25.0 Å². The van der Waals surface area contributed by atoms with E-state index in [1.165, 1.54) is 0 Å². The van der Waals surface area contributed by atoms with Gasteiger partial charge in [0.05, 0.1) is 12.6 Å². The molecule has 1 rings (SSSR count). The van der Waals surface area contributed by atoms with Crippen molar-refractivity contribution in [2.75, 3.05) is 6.54 Å². The van der Waals surface area contributed by atoms with E-state index in [2.05, 4.69) is 16.0 Å². The molecule has 0 aromatic heterocycles. The predicted octanol–water partition coefficient (Wildman–Crippen LogP) is 0.503. The van der Waals surface area contributed by atoms with Gasteiger partial charge in [-0.05, 0) is 25.0 Å². The van der Waals surface area contributed by atoms with Crippen LogP contribution < -0.4 is 16.0 Å². The summed E-state index contributed by atoms with van der Waals surface area (Å²) in [6.07, 6.45) is 0. The fourth-order valence-corrected chi connectivity index (χ4v) is 1.55. The fourth-order valence-electron chi connectivity index (χ4n) is 1.55. The zero-order valence-electron chi connectivity index (χ0n) is 11.8. The lowest BCUT2D eigenvalue weighted by Gasteiger charge is -2.13. The highest BCUT2D eigenvalue weighted by Gasteiger charge is 2.14. The van der Waals surface area contributed by atoms with Gasteiger partial charge in [-0.25, -0.2) is 4.79 Å². The van der Waals surface area contributed by atoms with Crippen molar-refractivity contribution in [2.24, 2.45) is 0 Å². The molecule has 0 saturated heterocycles. The lowest BCUT2D eigenvalue weighted by atomic mass is 10.1. The van der Waals surface area contributed by atoms with Gasteiger partial charge in [-0.1, -0.05) is 24.3 Å². The third-order valence-electron chi connectivity index (χ3n) is 2.79. The maximum absolute atomic E-state index is 11.7. The molecular weight excluding hydrogens is 258 g/mol. The molecule has 0 heterocycles. The monoisotopic (exact) mass is 279 g/mol.